The third-order valence-corrected chi connectivity index (χ3v) is 2.31. The van der Waals surface area contributed by atoms with E-state index in [2.05, 4.69) is 4.74 Å². The van der Waals surface area contributed by atoms with Crippen molar-refractivity contribution in [2.75, 3.05) is 18.9 Å². The Labute approximate surface area is 98.6 Å². The molecule has 3 nitrogen and oxygen atoms in total. The number of Topliss-reactive ketones (excluding diaryl/α,β-unsaturated/α-hetero) is 1. The van der Waals surface area contributed by atoms with E-state index in [1.165, 1.54) is 0 Å². The van der Waals surface area contributed by atoms with Crippen LogP contribution in [0.1, 0.15) is 22.3 Å². The highest BCUT2D eigenvalue weighted by molar-refractivity contribution is 5.96. The van der Waals surface area contributed by atoms with Gasteiger partial charge in [-0.1, -0.05) is 0 Å². The first kappa shape index (κ1) is 13.6. The molecule has 2 N–H and O–H groups in total. The average molecular weight is 243 g/mol. The monoisotopic (exact) mass is 243 g/mol. The molecule has 0 unspecified atom stereocenters. The third-order valence-electron chi connectivity index (χ3n) is 2.31. The summed E-state index contributed by atoms with van der Waals surface area (Å²) in [5, 5.41) is 0. The first-order valence-corrected chi connectivity index (χ1v) is 5.26. The van der Waals surface area contributed by atoms with Crippen molar-refractivity contribution in [2.24, 2.45) is 0 Å². The Morgan fingerprint density at radius 1 is 1.47 bits per heavy atom. The van der Waals surface area contributed by atoms with Crippen LogP contribution < -0.4 is 5.73 Å². The Bertz CT molecular complexity index is 394. The Morgan fingerprint density at radius 2 is 2.18 bits per heavy atom. The minimum atomic E-state index is -2.50. The van der Waals surface area contributed by atoms with Gasteiger partial charge in [0.05, 0.1) is 6.61 Å². The molecule has 0 aliphatic carbocycles. The molecule has 0 fully saturated rings. The first-order chi connectivity index (χ1) is 8.00. The van der Waals surface area contributed by atoms with Gasteiger partial charge in [-0.15, -0.1) is 0 Å². The Kier molecular flexibility index (Phi) is 5.03. The van der Waals surface area contributed by atoms with E-state index in [4.69, 9.17) is 5.73 Å². The second-order valence-electron chi connectivity index (χ2n) is 3.71. The predicted molar refractivity (Wildman–Crippen MR) is 61.4 cm³/mol. The first-order valence-electron chi connectivity index (χ1n) is 5.26. The second kappa shape index (κ2) is 6.30. The summed E-state index contributed by atoms with van der Waals surface area (Å²) in [5.41, 5.74) is 7.59. The van der Waals surface area contributed by atoms with Crippen molar-refractivity contribution < 1.29 is 18.3 Å². The number of hydrogen-bond donors (Lipinski definition) is 1. The molecule has 0 heterocycles. The van der Waals surface area contributed by atoms with Crippen LogP contribution in [0.25, 0.3) is 0 Å². The highest BCUT2D eigenvalue weighted by atomic mass is 19.3. The van der Waals surface area contributed by atoms with Gasteiger partial charge in [0.25, 0.3) is 6.43 Å². The maximum atomic E-state index is 11.8. The van der Waals surface area contributed by atoms with Gasteiger partial charge in [0.1, 0.15) is 6.61 Å². The standard InChI is InChI=1S/C12H15F2NO2/c1-8-6-9(2-3-10(8)15)11(16)4-5-17-7-12(13)14/h2-3,6,12H,4-5,7,15H2,1H3. The number of nitrogens with two attached hydrogens (primary N) is 1. The fraction of sp³-hybridized carbons (Fsp3) is 0.417. The summed E-state index contributed by atoms with van der Waals surface area (Å²) in [5.74, 6) is -0.137. The van der Waals surface area contributed by atoms with Crippen LogP contribution in [0.2, 0.25) is 0 Å². The minimum absolute atomic E-state index is 0.00655. The van der Waals surface area contributed by atoms with E-state index >= 15 is 0 Å². The molecule has 0 amide bonds. The van der Waals surface area contributed by atoms with Crippen LogP contribution >= 0.6 is 0 Å². The number of ether oxygens (including phenoxy) is 1. The highest BCUT2D eigenvalue weighted by Gasteiger charge is 2.08. The maximum absolute atomic E-state index is 11.8. The molecule has 1 aromatic rings. The minimum Gasteiger partial charge on any atom is -0.399 e. The summed E-state index contributed by atoms with van der Waals surface area (Å²) >= 11 is 0. The molecule has 94 valence electrons. The average Bonchev–Trinajstić information content (AvgIpc) is 2.27. The van der Waals surface area contributed by atoms with Crippen molar-refractivity contribution in [3.05, 3.63) is 29.3 Å². The summed E-state index contributed by atoms with van der Waals surface area (Å²) in [4.78, 5) is 11.6. The molecule has 0 bridgehead atoms. The van der Waals surface area contributed by atoms with E-state index in [9.17, 15) is 13.6 Å². The number of carbonyl (C=O) groups excluding carboxylic acids is 1. The van der Waals surface area contributed by atoms with Crippen LogP contribution in [-0.2, 0) is 4.74 Å². The Balaban J connectivity index is 2.44. The number of nitrogen functional groups attached to an aromatic ring is 1. The number of benzene rings is 1. The van der Waals surface area contributed by atoms with E-state index in [0.717, 1.165) is 5.56 Å². The molecule has 17 heavy (non-hydrogen) atoms. The lowest BCUT2D eigenvalue weighted by Gasteiger charge is -2.05. The van der Waals surface area contributed by atoms with Gasteiger partial charge >= 0.3 is 0 Å². The van der Waals surface area contributed by atoms with Crippen LogP contribution in [0.3, 0.4) is 0 Å². The predicted octanol–water partition coefficient (Wildman–Crippen LogP) is 2.43. The zero-order valence-corrected chi connectivity index (χ0v) is 9.58. The molecule has 1 rings (SSSR count). The fourth-order valence-electron chi connectivity index (χ4n) is 1.33. The van der Waals surface area contributed by atoms with Crippen LogP contribution in [-0.4, -0.2) is 25.4 Å². The summed E-state index contributed by atoms with van der Waals surface area (Å²) < 4.78 is 28.2. The molecule has 0 atom stereocenters. The number of hydrogen-bond acceptors (Lipinski definition) is 3. The molecule has 0 saturated carbocycles. The summed E-state index contributed by atoms with van der Waals surface area (Å²) in [6.45, 7) is 1.18. The number of rotatable bonds is 6. The number of anilines is 1. The number of ketones is 1. The topological polar surface area (TPSA) is 52.3 Å². The van der Waals surface area contributed by atoms with Gasteiger partial charge in [-0.05, 0) is 30.7 Å². The van der Waals surface area contributed by atoms with Gasteiger partial charge in [0.2, 0.25) is 0 Å². The lowest BCUT2D eigenvalue weighted by Crippen LogP contribution is -2.09. The Hall–Kier alpha value is -1.49. The van der Waals surface area contributed by atoms with Gasteiger partial charge < -0.3 is 10.5 Å². The highest BCUT2D eigenvalue weighted by Crippen LogP contribution is 2.14. The lowest BCUT2D eigenvalue weighted by atomic mass is 10.0. The normalized spacial score (nSPS) is 10.8. The molecule has 0 spiro atoms. The van der Waals surface area contributed by atoms with Crippen LogP contribution in [0, 0.1) is 6.92 Å². The quantitative estimate of drug-likeness (QED) is 0.474. The third kappa shape index (κ3) is 4.48. The van der Waals surface area contributed by atoms with E-state index in [-0.39, 0.29) is 18.8 Å². The molecular formula is C12H15F2NO2. The number of aryl methyl sites for hydroxylation is 1. The van der Waals surface area contributed by atoms with Crippen LogP contribution in [0.15, 0.2) is 18.2 Å². The fourth-order valence-corrected chi connectivity index (χ4v) is 1.33. The van der Waals surface area contributed by atoms with E-state index in [0.29, 0.717) is 11.3 Å². The summed E-state index contributed by atoms with van der Waals surface area (Å²) in [6.07, 6.45) is -2.40. The smallest absolute Gasteiger partial charge is 0.261 e. The summed E-state index contributed by atoms with van der Waals surface area (Å²) in [6, 6.07) is 4.96. The lowest BCUT2D eigenvalue weighted by molar-refractivity contribution is 0.0170. The SMILES string of the molecule is Cc1cc(C(=O)CCOCC(F)F)ccc1N. The van der Waals surface area contributed by atoms with Crippen LogP contribution in [0.5, 0.6) is 0 Å². The maximum Gasteiger partial charge on any atom is 0.261 e. The van der Waals surface area contributed by atoms with E-state index < -0.39 is 13.0 Å². The molecule has 0 aliphatic rings. The van der Waals surface area contributed by atoms with Crippen molar-refractivity contribution in [1.29, 1.82) is 0 Å². The van der Waals surface area contributed by atoms with Gasteiger partial charge in [0, 0.05) is 17.7 Å². The molecule has 0 aliphatic heterocycles. The molecular weight excluding hydrogens is 228 g/mol. The molecule has 0 saturated heterocycles. The van der Waals surface area contributed by atoms with Crippen LogP contribution in [0.4, 0.5) is 14.5 Å². The Morgan fingerprint density at radius 3 is 2.76 bits per heavy atom. The van der Waals surface area contributed by atoms with Gasteiger partial charge in [-0.25, -0.2) is 8.78 Å². The van der Waals surface area contributed by atoms with Gasteiger partial charge in [-0.3, -0.25) is 4.79 Å². The zero-order chi connectivity index (χ0) is 12.8. The summed E-state index contributed by atoms with van der Waals surface area (Å²) in [7, 11) is 0. The van der Waals surface area contributed by atoms with E-state index in [1.54, 1.807) is 25.1 Å². The largest absolute Gasteiger partial charge is 0.399 e. The molecule has 5 heteroatoms. The molecule has 1 aromatic carbocycles. The van der Waals surface area contributed by atoms with Crippen molar-refractivity contribution in [1.82, 2.24) is 0 Å². The van der Waals surface area contributed by atoms with Crippen molar-refractivity contribution in [3.63, 3.8) is 0 Å². The second-order valence-corrected chi connectivity index (χ2v) is 3.71. The van der Waals surface area contributed by atoms with Crippen molar-refractivity contribution in [3.8, 4) is 0 Å². The number of alkyl halides is 2. The van der Waals surface area contributed by atoms with Crippen molar-refractivity contribution in [2.45, 2.75) is 19.8 Å². The van der Waals surface area contributed by atoms with Gasteiger partial charge in [-0.2, -0.15) is 0 Å². The number of halogens is 2. The van der Waals surface area contributed by atoms with E-state index in [1.807, 2.05) is 0 Å². The zero-order valence-electron chi connectivity index (χ0n) is 9.58. The van der Waals surface area contributed by atoms with Crippen molar-refractivity contribution >= 4 is 11.5 Å². The molecule has 0 radical (unpaired) electrons. The molecule has 0 aromatic heterocycles. The number of carbonyl (C=O) groups is 1. The van der Waals surface area contributed by atoms with Gasteiger partial charge in [0.15, 0.2) is 5.78 Å².